The van der Waals surface area contributed by atoms with Crippen molar-refractivity contribution in [3.8, 4) is 11.5 Å². The average Bonchev–Trinajstić information content (AvgIpc) is 3.58. The number of benzene rings is 2. The molecule has 4 rings (SSSR count). The van der Waals surface area contributed by atoms with Crippen molar-refractivity contribution in [2.75, 3.05) is 33.1 Å². The summed E-state index contributed by atoms with van der Waals surface area (Å²) in [6.07, 6.45) is -2.72. The summed E-state index contributed by atoms with van der Waals surface area (Å²) in [6, 6.07) is 5.92. The van der Waals surface area contributed by atoms with Crippen molar-refractivity contribution in [3.05, 3.63) is 53.1 Å². The fourth-order valence-electron chi connectivity index (χ4n) is 4.10. The Morgan fingerprint density at radius 3 is 2.46 bits per heavy atom. The lowest BCUT2D eigenvalue weighted by molar-refractivity contribution is -0.140. The number of hydrogen-bond donors (Lipinski definition) is 1. The monoisotopic (exact) mass is 492 g/mol. The highest BCUT2D eigenvalue weighted by Gasteiger charge is 2.45. The summed E-state index contributed by atoms with van der Waals surface area (Å²) in [6.45, 7) is 3.75. The Bertz CT molecular complexity index is 1240. The molecule has 6 nitrogen and oxygen atoms in total. The number of ether oxygens (including phenoxy) is 2. The lowest BCUT2D eigenvalue weighted by Gasteiger charge is -2.24. The number of halogens is 4. The van der Waals surface area contributed by atoms with Crippen LogP contribution in [0.25, 0.3) is 10.9 Å². The van der Waals surface area contributed by atoms with Crippen LogP contribution in [-0.4, -0.2) is 48.2 Å². The number of nitrogens with zero attached hydrogens (tertiary/aromatic N) is 3. The van der Waals surface area contributed by atoms with E-state index in [0.717, 1.165) is 18.9 Å². The highest BCUT2D eigenvalue weighted by molar-refractivity contribution is 5.92. The van der Waals surface area contributed by atoms with Crippen LogP contribution in [0.2, 0.25) is 0 Å². The first kappa shape index (κ1) is 25.0. The summed E-state index contributed by atoms with van der Waals surface area (Å²) in [5.74, 6) is 0.504. The van der Waals surface area contributed by atoms with E-state index >= 15 is 0 Å². The molecule has 0 radical (unpaired) electrons. The van der Waals surface area contributed by atoms with E-state index in [0.29, 0.717) is 40.7 Å². The number of likely N-dealkylation sites (N-methyl/N-ethyl adjacent to an activating group) is 1. The van der Waals surface area contributed by atoms with Crippen LogP contribution in [0.4, 0.5) is 23.4 Å². The third kappa shape index (κ3) is 4.98. The van der Waals surface area contributed by atoms with Crippen LogP contribution in [-0.2, 0) is 6.18 Å². The van der Waals surface area contributed by atoms with Gasteiger partial charge in [0.1, 0.15) is 24.1 Å². The van der Waals surface area contributed by atoms with Gasteiger partial charge in [0.25, 0.3) is 0 Å². The number of hydrogen-bond acceptors (Lipinski definition) is 6. The van der Waals surface area contributed by atoms with E-state index in [1.54, 1.807) is 33.1 Å². The Morgan fingerprint density at radius 2 is 1.86 bits per heavy atom. The van der Waals surface area contributed by atoms with Crippen LogP contribution >= 0.6 is 0 Å². The van der Waals surface area contributed by atoms with Gasteiger partial charge in [0.15, 0.2) is 11.5 Å². The van der Waals surface area contributed by atoms with Crippen LogP contribution in [0.1, 0.15) is 42.8 Å². The minimum Gasteiger partial charge on any atom is -0.493 e. The molecule has 1 fully saturated rings. The van der Waals surface area contributed by atoms with E-state index in [4.69, 9.17) is 9.47 Å². The van der Waals surface area contributed by atoms with Gasteiger partial charge in [-0.15, -0.1) is 0 Å². The van der Waals surface area contributed by atoms with Gasteiger partial charge >= 0.3 is 6.18 Å². The topological polar surface area (TPSA) is 59.5 Å². The molecule has 1 aliphatic carbocycles. The maximum Gasteiger partial charge on any atom is 0.419 e. The molecule has 3 aromatic rings. The molecule has 188 valence electrons. The number of methoxy groups -OCH3 is 1. The standard InChI is InChI=1S/C25H28F4N4O2/c1-14(16-7-6-8-18(22(16)26)25(27,28)29)30-23-17-11-21(35-13-24(9-10-24)33(3)4)20(34-5)12-19(17)31-15(2)32-23/h6-8,11-12,14H,9-10,13H2,1-5H3,(H,30,31,32)/t14-/m1/s1. The quantitative estimate of drug-likeness (QED) is 0.404. The summed E-state index contributed by atoms with van der Waals surface area (Å²) >= 11 is 0. The van der Waals surface area contributed by atoms with Gasteiger partial charge in [0.2, 0.25) is 0 Å². The first-order valence-corrected chi connectivity index (χ1v) is 11.2. The molecule has 0 amide bonds. The zero-order chi connectivity index (χ0) is 25.5. The second-order valence-electron chi connectivity index (χ2n) is 9.12. The molecule has 0 saturated heterocycles. The maximum atomic E-state index is 14.7. The van der Waals surface area contributed by atoms with Crippen molar-refractivity contribution >= 4 is 16.7 Å². The number of aromatic nitrogens is 2. The van der Waals surface area contributed by atoms with Crippen molar-refractivity contribution < 1.29 is 27.0 Å². The molecular formula is C25H28F4N4O2. The molecule has 35 heavy (non-hydrogen) atoms. The Balaban J connectivity index is 1.70. The summed E-state index contributed by atoms with van der Waals surface area (Å²) in [7, 11) is 5.57. The van der Waals surface area contributed by atoms with Crippen LogP contribution in [0.5, 0.6) is 11.5 Å². The third-order valence-corrected chi connectivity index (χ3v) is 6.52. The number of nitrogens with one attached hydrogen (secondary N) is 1. The number of fused-ring (bicyclic) bond motifs is 1. The molecule has 0 aliphatic heterocycles. The Hall–Kier alpha value is -3.14. The lowest BCUT2D eigenvalue weighted by atomic mass is 10.0. The van der Waals surface area contributed by atoms with Crippen LogP contribution < -0.4 is 14.8 Å². The van der Waals surface area contributed by atoms with Crippen LogP contribution in [0.15, 0.2) is 30.3 Å². The van der Waals surface area contributed by atoms with Gasteiger partial charge in [-0.25, -0.2) is 14.4 Å². The maximum absolute atomic E-state index is 14.7. The van der Waals surface area contributed by atoms with E-state index in [2.05, 4.69) is 20.2 Å². The zero-order valence-corrected chi connectivity index (χ0v) is 20.3. The number of rotatable bonds is 8. The highest BCUT2D eigenvalue weighted by Crippen LogP contribution is 2.42. The van der Waals surface area contributed by atoms with Crippen molar-refractivity contribution in [1.82, 2.24) is 14.9 Å². The first-order valence-electron chi connectivity index (χ1n) is 11.2. The van der Waals surface area contributed by atoms with Gasteiger partial charge in [0.05, 0.1) is 29.8 Å². The van der Waals surface area contributed by atoms with Gasteiger partial charge < -0.3 is 19.7 Å². The fraction of sp³-hybridized carbons (Fsp3) is 0.440. The van der Waals surface area contributed by atoms with Gasteiger partial charge in [0, 0.05) is 17.0 Å². The van der Waals surface area contributed by atoms with Crippen LogP contribution in [0.3, 0.4) is 0 Å². The average molecular weight is 493 g/mol. The molecule has 0 bridgehead atoms. The van der Waals surface area contributed by atoms with Gasteiger partial charge in [-0.2, -0.15) is 13.2 Å². The van der Waals surface area contributed by atoms with Crippen molar-refractivity contribution in [2.45, 2.75) is 44.4 Å². The molecular weight excluding hydrogens is 464 g/mol. The largest absolute Gasteiger partial charge is 0.493 e. The predicted octanol–water partition coefficient (Wildman–Crippen LogP) is 5.75. The number of aryl methyl sites for hydroxylation is 1. The second-order valence-corrected chi connectivity index (χ2v) is 9.12. The Morgan fingerprint density at radius 1 is 1.14 bits per heavy atom. The SMILES string of the molecule is COc1cc2nc(C)nc(N[C@H](C)c3cccc(C(F)(F)F)c3F)c2cc1OCC1(N(C)C)CC1. The van der Waals surface area contributed by atoms with Crippen LogP contribution in [0, 0.1) is 12.7 Å². The van der Waals surface area contributed by atoms with Crippen molar-refractivity contribution in [2.24, 2.45) is 0 Å². The predicted molar refractivity (Wildman–Crippen MR) is 125 cm³/mol. The minimum absolute atomic E-state index is 0.0135. The molecule has 1 aliphatic rings. The number of alkyl halides is 3. The molecule has 1 heterocycles. The lowest BCUT2D eigenvalue weighted by Crippen LogP contribution is -2.35. The smallest absolute Gasteiger partial charge is 0.419 e. The van der Waals surface area contributed by atoms with E-state index in [9.17, 15) is 17.6 Å². The molecule has 1 aromatic heterocycles. The zero-order valence-electron chi connectivity index (χ0n) is 20.3. The molecule has 0 unspecified atom stereocenters. The van der Waals surface area contributed by atoms with E-state index in [-0.39, 0.29) is 11.1 Å². The van der Waals surface area contributed by atoms with E-state index in [1.807, 2.05) is 14.1 Å². The summed E-state index contributed by atoms with van der Waals surface area (Å²) in [5, 5.41) is 3.65. The van der Waals surface area contributed by atoms with Crippen molar-refractivity contribution in [1.29, 1.82) is 0 Å². The summed E-state index contributed by atoms with van der Waals surface area (Å²) < 4.78 is 66.0. The summed E-state index contributed by atoms with van der Waals surface area (Å²) in [4.78, 5) is 11.0. The van der Waals surface area contributed by atoms with E-state index < -0.39 is 23.6 Å². The van der Waals surface area contributed by atoms with Gasteiger partial charge in [-0.05, 0) is 52.9 Å². The van der Waals surface area contributed by atoms with Gasteiger partial charge in [-0.1, -0.05) is 12.1 Å². The van der Waals surface area contributed by atoms with E-state index in [1.165, 1.54) is 12.1 Å². The summed E-state index contributed by atoms with van der Waals surface area (Å²) in [5.41, 5.74) is -0.867. The first-order chi connectivity index (χ1) is 16.4. The number of anilines is 1. The molecule has 1 atom stereocenters. The molecule has 1 N–H and O–H groups in total. The normalized spacial score (nSPS) is 15.8. The minimum atomic E-state index is -4.79. The molecule has 0 spiro atoms. The second kappa shape index (κ2) is 9.14. The Kier molecular flexibility index (Phi) is 6.52. The fourth-order valence-corrected chi connectivity index (χ4v) is 4.10. The molecule has 1 saturated carbocycles. The molecule has 2 aromatic carbocycles. The van der Waals surface area contributed by atoms with Crippen molar-refractivity contribution in [3.63, 3.8) is 0 Å². The highest BCUT2D eigenvalue weighted by atomic mass is 19.4. The molecule has 10 heteroatoms. The van der Waals surface area contributed by atoms with Gasteiger partial charge in [-0.3, -0.25) is 0 Å². The third-order valence-electron chi connectivity index (χ3n) is 6.52. The Labute approximate surface area is 201 Å².